The molecule has 1 atom stereocenters. The molecular weight excluding hydrogens is 372 g/mol. The van der Waals surface area contributed by atoms with Crippen LogP contribution in [0.15, 0.2) is 42.5 Å². The van der Waals surface area contributed by atoms with Crippen molar-refractivity contribution < 1.29 is 22.4 Å². The van der Waals surface area contributed by atoms with Gasteiger partial charge in [0.25, 0.3) is 5.91 Å². The van der Waals surface area contributed by atoms with Gasteiger partial charge in [-0.1, -0.05) is 17.7 Å². The number of alkyl halides is 3. The second-order valence-corrected chi connectivity index (χ2v) is 6.31. The van der Waals surface area contributed by atoms with Crippen molar-refractivity contribution in [1.29, 1.82) is 0 Å². The Balaban J connectivity index is 2.13. The van der Waals surface area contributed by atoms with Crippen LogP contribution in [0.2, 0.25) is 5.02 Å². The van der Waals surface area contributed by atoms with Gasteiger partial charge in [0.15, 0.2) is 0 Å². The van der Waals surface area contributed by atoms with Crippen molar-refractivity contribution in [3.63, 3.8) is 0 Å². The third kappa shape index (κ3) is 4.74. The number of nitrogens with zero attached hydrogens (tertiary/aromatic N) is 1. The molecule has 0 saturated carbocycles. The van der Waals surface area contributed by atoms with Crippen LogP contribution >= 0.6 is 11.6 Å². The number of hydrogen-bond acceptors (Lipinski definition) is 2. The monoisotopic (exact) mass is 388 g/mol. The van der Waals surface area contributed by atoms with Gasteiger partial charge in [-0.3, -0.25) is 4.79 Å². The number of likely N-dealkylation sites (N-methyl/N-ethyl adjacent to an activating group) is 1. The Bertz CT molecular complexity index is 756. The second-order valence-electron chi connectivity index (χ2n) is 5.90. The van der Waals surface area contributed by atoms with Crippen LogP contribution in [-0.2, 0) is 6.18 Å². The summed E-state index contributed by atoms with van der Waals surface area (Å²) < 4.78 is 51.9. The van der Waals surface area contributed by atoms with Gasteiger partial charge >= 0.3 is 6.18 Å². The zero-order chi connectivity index (χ0) is 19.5. The van der Waals surface area contributed by atoms with Crippen LogP contribution in [0.3, 0.4) is 0 Å². The molecule has 2 rings (SSSR count). The first kappa shape index (κ1) is 20.2. The van der Waals surface area contributed by atoms with E-state index < -0.39 is 29.5 Å². The summed E-state index contributed by atoms with van der Waals surface area (Å²) in [4.78, 5) is 13.9. The quantitative estimate of drug-likeness (QED) is 0.763. The van der Waals surface area contributed by atoms with E-state index in [1.165, 1.54) is 12.1 Å². The van der Waals surface area contributed by atoms with E-state index in [0.717, 1.165) is 24.3 Å². The van der Waals surface area contributed by atoms with Crippen molar-refractivity contribution in [1.82, 2.24) is 10.2 Å². The number of rotatable bonds is 5. The molecule has 2 aromatic rings. The predicted octanol–water partition coefficient (Wildman–Crippen LogP) is 4.53. The standard InChI is InChI=1S/C18H17ClF4N2O/c1-25(2)15(16-13(19)4-3-5-14(16)20)10-24-17(26)11-6-8-12(9-7-11)18(21,22)23/h3-9,15H,10H2,1-2H3,(H,24,26)/t15-/m0/s1. The Kier molecular flexibility index (Phi) is 6.26. The highest BCUT2D eigenvalue weighted by Gasteiger charge is 2.30. The van der Waals surface area contributed by atoms with Gasteiger partial charge in [-0.25, -0.2) is 4.39 Å². The summed E-state index contributed by atoms with van der Waals surface area (Å²) in [5.41, 5.74) is -0.514. The molecule has 140 valence electrons. The molecule has 0 unspecified atom stereocenters. The summed E-state index contributed by atoms with van der Waals surface area (Å²) in [7, 11) is 3.41. The lowest BCUT2D eigenvalue weighted by Gasteiger charge is -2.26. The van der Waals surface area contributed by atoms with Gasteiger partial charge < -0.3 is 10.2 Å². The van der Waals surface area contributed by atoms with Crippen molar-refractivity contribution in [2.75, 3.05) is 20.6 Å². The molecule has 0 heterocycles. The fourth-order valence-corrected chi connectivity index (χ4v) is 2.76. The first-order valence-corrected chi connectivity index (χ1v) is 8.05. The van der Waals surface area contributed by atoms with E-state index in [0.29, 0.717) is 0 Å². The van der Waals surface area contributed by atoms with E-state index >= 15 is 0 Å². The van der Waals surface area contributed by atoms with Gasteiger partial charge in [-0.2, -0.15) is 13.2 Å². The molecule has 0 radical (unpaired) electrons. The third-order valence-corrected chi connectivity index (χ3v) is 4.22. The van der Waals surface area contributed by atoms with E-state index in [4.69, 9.17) is 11.6 Å². The Morgan fingerprint density at radius 2 is 1.77 bits per heavy atom. The van der Waals surface area contributed by atoms with Crippen LogP contribution in [0.1, 0.15) is 27.5 Å². The molecule has 0 aromatic heterocycles. The molecule has 0 spiro atoms. The van der Waals surface area contributed by atoms with Crippen molar-refractivity contribution in [3.05, 3.63) is 70.0 Å². The largest absolute Gasteiger partial charge is 0.416 e. The summed E-state index contributed by atoms with van der Waals surface area (Å²) in [6, 6.07) is 7.64. The molecule has 0 bridgehead atoms. The molecule has 0 saturated heterocycles. The van der Waals surface area contributed by atoms with Gasteiger partial charge in [0, 0.05) is 22.7 Å². The molecule has 0 fully saturated rings. The first-order valence-electron chi connectivity index (χ1n) is 7.67. The molecule has 0 aliphatic heterocycles. The van der Waals surface area contributed by atoms with Gasteiger partial charge in [0.2, 0.25) is 0 Å². The highest BCUT2D eigenvalue weighted by molar-refractivity contribution is 6.31. The molecule has 3 nitrogen and oxygen atoms in total. The maximum Gasteiger partial charge on any atom is 0.416 e. The van der Waals surface area contributed by atoms with Crippen molar-refractivity contribution in [2.45, 2.75) is 12.2 Å². The van der Waals surface area contributed by atoms with Crippen LogP contribution in [0.25, 0.3) is 0 Å². The van der Waals surface area contributed by atoms with E-state index in [2.05, 4.69) is 5.32 Å². The lowest BCUT2D eigenvalue weighted by molar-refractivity contribution is -0.137. The SMILES string of the molecule is CN(C)[C@@H](CNC(=O)c1ccc(C(F)(F)F)cc1)c1c(F)cccc1Cl. The van der Waals surface area contributed by atoms with Crippen molar-refractivity contribution >= 4 is 17.5 Å². The Morgan fingerprint density at radius 3 is 2.27 bits per heavy atom. The van der Waals surface area contributed by atoms with Crippen molar-refractivity contribution in [2.24, 2.45) is 0 Å². The summed E-state index contributed by atoms with van der Waals surface area (Å²) >= 11 is 6.07. The summed E-state index contributed by atoms with van der Waals surface area (Å²) in [6.45, 7) is 0.0352. The highest BCUT2D eigenvalue weighted by atomic mass is 35.5. The molecule has 1 amide bonds. The zero-order valence-electron chi connectivity index (χ0n) is 14.1. The molecule has 0 aliphatic carbocycles. The zero-order valence-corrected chi connectivity index (χ0v) is 14.8. The van der Waals surface area contributed by atoms with Crippen LogP contribution < -0.4 is 5.32 Å². The lowest BCUT2D eigenvalue weighted by atomic mass is 10.0. The minimum Gasteiger partial charge on any atom is -0.350 e. The summed E-state index contributed by atoms with van der Waals surface area (Å²) in [6.07, 6.45) is -4.47. The van der Waals surface area contributed by atoms with Crippen LogP contribution in [0, 0.1) is 5.82 Å². The Morgan fingerprint density at radius 1 is 1.15 bits per heavy atom. The van der Waals surface area contributed by atoms with Crippen molar-refractivity contribution in [3.8, 4) is 0 Å². The average Bonchev–Trinajstić information content (AvgIpc) is 2.56. The number of nitrogens with one attached hydrogen (secondary N) is 1. The topological polar surface area (TPSA) is 32.3 Å². The average molecular weight is 389 g/mol. The van der Waals surface area contributed by atoms with Crippen LogP contribution in [0.5, 0.6) is 0 Å². The predicted molar refractivity (Wildman–Crippen MR) is 91.6 cm³/mol. The molecule has 26 heavy (non-hydrogen) atoms. The lowest BCUT2D eigenvalue weighted by Crippen LogP contribution is -2.35. The Hall–Kier alpha value is -2.12. The van der Waals surface area contributed by atoms with Gasteiger partial charge in [-0.05, 0) is 50.5 Å². The first-order chi connectivity index (χ1) is 12.1. The summed E-state index contributed by atoms with van der Waals surface area (Å²) in [5.74, 6) is -1.06. The fourth-order valence-electron chi connectivity index (χ4n) is 2.47. The molecule has 1 N–H and O–H groups in total. The third-order valence-electron chi connectivity index (χ3n) is 3.89. The highest BCUT2D eigenvalue weighted by Crippen LogP contribution is 2.30. The fraction of sp³-hybridized carbons (Fsp3) is 0.278. The minimum atomic E-state index is -4.47. The normalized spacial score (nSPS) is 12.9. The smallest absolute Gasteiger partial charge is 0.350 e. The maximum atomic E-state index is 14.1. The minimum absolute atomic E-state index is 0.0352. The van der Waals surface area contributed by atoms with Gasteiger partial charge in [0.1, 0.15) is 5.82 Å². The number of halogens is 5. The van der Waals surface area contributed by atoms with Gasteiger partial charge in [0.05, 0.1) is 11.6 Å². The number of hydrogen-bond donors (Lipinski definition) is 1. The molecule has 0 aliphatic rings. The van der Waals surface area contributed by atoms with E-state index in [-0.39, 0.29) is 22.7 Å². The van der Waals surface area contributed by atoms with Crippen LogP contribution in [-0.4, -0.2) is 31.4 Å². The number of carbonyl (C=O) groups is 1. The Labute approximate surface area is 153 Å². The second kappa shape index (κ2) is 8.05. The number of carbonyl (C=O) groups excluding carboxylic acids is 1. The number of amides is 1. The number of benzene rings is 2. The molecule has 8 heteroatoms. The molecule has 2 aromatic carbocycles. The van der Waals surface area contributed by atoms with E-state index in [1.54, 1.807) is 25.1 Å². The maximum absolute atomic E-state index is 14.1. The van der Waals surface area contributed by atoms with E-state index in [1.807, 2.05) is 0 Å². The summed E-state index contributed by atoms with van der Waals surface area (Å²) in [5, 5.41) is 2.83. The van der Waals surface area contributed by atoms with E-state index in [9.17, 15) is 22.4 Å². The van der Waals surface area contributed by atoms with Gasteiger partial charge in [-0.15, -0.1) is 0 Å². The van der Waals surface area contributed by atoms with Crippen LogP contribution in [0.4, 0.5) is 17.6 Å². The molecular formula is C18H17ClF4N2O.